The lowest BCUT2D eigenvalue weighted by atomic mass is 10.2. The Kier molecular flexibility index (Phi) is 5.40. The lowest BCUT2D eigenvalue weighted by molar-refractivity contribution is -0.134. The Hall–Kier alpha value is -1.60. The largest absolute Gasteiger partial charge is 0.340 e. The average Bonchev–Trinajstić information content (AvgIpc) is 2.60. The predicted molar refractivity (Wildman–Crippen MR) is 95.2 cm³/mol. The van der Waals surface area contributed by atoms with E-state index in [1.165, 1.54) is 11.8 Å². The van der Waals surface area contributed by atoms with Crippen molar-refractivity contribution in [2.75, 3.05) is 44.7 Å². The van der Waals surface area contributed by atoms with Crippen LogP contribution < -0.4 is 4.90 Å². The monoisotopic (exact) mass is 348 g/mol. The van der Waals surface area contributed by atoms with Gasteiger partial charge in [-0.05, 0) is 25.1 Å². The van der Waals surface area contributed by atoms with Crippen LogP contribution in [-0.2, 0) is 9.59 Å². The van der Waals surface area contributed by atoms with Crippen molar-refractivity contribution < 1.29 is 9.59 Å². The van der Waals surface area contributed by atoms with Crippen molar-refractivity contribution in [2.45, 2.75) is 30.0 Å². The fraction of sp³-hybridized carbons (Fsp3) is 0.588. The number of fused-ring (bicyclic) bond motifs is 1. The Balaban J connectivity index is 1.60. The summed E-state index contributed by atoms with van der Waals surface area (Å²) in [6.45, 7) is 6.63. The van der Waals surface area contributed by atoms with Crippen molar-refractivity contribution in [3.05, 3.63) is 18.3 Å². The van der Waals surface area contributed by atoms with E-state index in [0.717, 1.165) is 49.9 Å². The van der Waals surface area contributed by atoms with Crippen molar-refractivity contribution in [2.24, 2.45) is 0 Å². The highest BCUT2D eigenvalue weighted by Crippen LogP contribution is 2.38. The molecule has 0 radical (unpaired) electrons. The Morgan fingerprint density at radius 3 is 2.79 bits per heavy atom. The van der Waals surface area contributed by atoms with Crippen molar-refractivity contribution in [1.29, 1.82) is 0 Å². The molecule has 130 valence electrons. The summed E-state index contributed by atoms with van der Waals surface area (Å²) < 4.78 is 0. The van der Waals surface area contributed by atoms with Gasteiger partial charge in [0.05, 0.1) is 10.9 Å². The molecule has 0 unspecified atom stereocenters. The first-order valence-electron chi connectivity index (χ1n) is 8.49. The minimum atomic E-state index is -0.376. The summed E-state index contributed by atoms with van der Waals surface area (Å²) in [6.07, 6.45) is 3.11. The molecule has 1 aromatic heterocycles. The van der Waals surface area contributed by atoms with Crippen LogP contribution in [0.4, 0.5) is 5.69 Å². The minimum absolute atomic E-state index is 0.0153. The number of hydrogen-bond donors (Lipinski definition) is 0. The predicted octanol–water partition coefficient (Wildman–Crippen LogP) is 1.46. The topological polar surface area (TPSA) is 56.8 Å². The van der Waals surface area contributed by atoms with E-state index in [0.29, 0.717) is 0 Å². The molecule has 3 heterocycles. The van der Waals surface area contributed by atoms with Crippen LogP contribution in [0.15, 0.2) is 23.4 Å². The van der Waals surface area contributed by atoms with Crippen LogP contribution in [0.5, 0.6) is 0 Å². The van der Waals surface area contributed by atoms with Gasteiger partial charge in [0, 0.05) is 45.8 Å². The standard InChI is InChI=1S/C17H24N4O2S/c1-3-7-20-8-10-21(11-9-20)15(22)12-14-17(23)19(2)13-5-4-6-18-16(13)24-14/h4-6,14H,3,7-12H2,1-2H3/t14-/m0/s1. The molecule has 1 fully saturated rings. The molecular weight excluding hydrogens is 324 g/mol. The third kappa shape index (κ3) is 3.57. The zero-order chi connectivity index (χ0) is 17.1. The Morgan fingerprint density at radius 2 is 2.08 bits per heavy atom. The lowest BCUT2D eigenvalue weighted by Crippen LogP contribution is -2.50. The number of piperazine rings is 1. The zero-order valence-corrected chi connectivity index (χ0v) is 15.1. The molecule has 24 heavy (non-hydrogen) atoms. The summed E-state index contributed by atoms with van der Waals surface area (Å²) in [6, 6.07) is 3.71. The van der Waals surface area contributed by atoms with E-state index in [-0.39, 0.29) is 23.5 Å². The van der Waals surface area contributed by atoms with Gasteiger partial charge in [-0.3, -0.25) is 14.5 Å². The van der Waals surface area contributed by atoms with Crippen molar-refractivity contribution in [3.8, 4) is 0 Å². The maximum absolute atomic E-state index is 12.6. The Labute approximate surface area is 147 Å². The number of anilines is 1. The van der Waals surface area contributed by atoms with Gasteiger partial charge in [0.15, 0.2) is 0 Å². The van der Waals surface area contributed by atoms with Gasteiger partial charge in [0.1, 0.15) is 5.03 Å². The van der Waals surface area contributed by atoms with Crippen LogP contribution in [-0.4, -0.2) is 71.6 Å². The first-order valence-corrected chi connectivity index (χ1v) is 9.37. The van der Waals surface area contributed by atoms with E-state index in [1.807, 2.05) is 17.0 Å². The van der Waals surface area contributed by atoms with Crippen molar-refractivity contribution in [3.63, 3.8) is 0 Å². The minimum Gasteiger partial charge on any atom is -0.340 e. The molecule has 0 saturated carbocycles. The highest BCUT2D eigenvalue weighted by atomic mass is 32.2. The third-order valence-corrected chi connectivity index (χ3v) is 5.79. The number of amides is 2. The van der Waals surface area contributed by atoms with Crippen LogP contribution in [0, 0.1) is 0 Å². The molecule has 7 heteroatoms. The van der Waals surface area contributed by atoms with Gasteiger partial charge >= 0.3 is 0 Å². The maximum atomic E-state index is 12.6. The molecule has 0 N–H and O–H groups in total. The molecule has 3 rings (SSSR count). The van der Waals surface area contributed by atoms with E-state index in [1.54, 1.807) is 18.1 Å². The molecule has 0 spiro atoms. The molecule has 2 aliphatic rings. The molecule has 2 aliphatic heterocycles. The van der Waals surface area contributed by atoms with Crippen molar-refractivity contribution in [1.82, 2.24) is 14.8 Å². The molecule has 2 amide bonds. The summed E-state index contributed by atoms with van der Waals surface area (Å²) in [5.41, 5.74) is 0.823. The zero-order valence-electron chi connectivity index (χ0n) is 14.3. The van der Waals surface area contributed by atoms with Gasteiger partial charge in [-0.1, -0.05) is 18.7 Å². The molecule has 0 aliphatic carbocycles. The van der Waals surface area contributed by atoms with Gasteiger partial charge in [-0.25, -0.2) is 4.98 Å². The second-order valence-corrected chi connectivity index (χ2v) is 7.45. The summed E-state index contributed by atoms with van der Waals surface area (Å²) in [4.78, 5) is 35.4. The van der Waals surface area contributed by atoms with Crippen LogP contribution in [0.25, 0.3) is 0 Å². The fourth-order valence-electron chi connectivity index (χ4n) is 3.20. The molecule has 1 saturated heterocycles. The van der Waals surface area contributed by atoms with Crippen LogP contribution in [0.3, 0.4) is 0 Å². The second-order valence-electron chi connectivity index (χ2n) is 6.26. The number of carbonyl (C=O) groups is 2. The van der Waals surface area contributed by atoms with Gasteiger partial charge in [-0.15, -0.1) is 0 Å². The highest BCUT2D eigenvalue weighted by Gasteiger charge is 2.35. The fourth-order valence-corrected chi connectivity index (χ4v) is 4.40. The van der Waals surface area contributed by atoms with E-state index in [2.05, 4.69) is 16.8 Å². The summed E-state index contributed by atoms with van der Waals surface area (Å²) >= 11 is 1.41. The smallest absolute Gasteiger partial charge is 0.240 e. The first-order chi connectivity index (χ1) is 11.6. The number of aromatic nitrogens is 1. The molecule has 0 bridgehead atoms. The average molecular weight is 348 g/mol. The quantitative estimate of drug-likeness (QED) is 0.825. The number of nitrogens with zero attached hydrogens (tertiary/aromatic N) is 4. The SMILES string of the molecule is CCCN1CCN(C(=O)C[C@@H]2Sc3ncccc3N(C)C2=O)CC1. The molecular formula is C17H24N4O2S. The van der Waals surface area contributed by atoms with E-state index < -0.39 is 0 Å². The molecule has 6 nitrogen and oxygen atoms in total. The third-order valence-electron chi connectivity index (χ3n) is 4.60. The van der Waals surface area contributed by atoms with Gasteiger partial charge in [-0.2, -0.15) is 0 Å². The second kappa shape index (κ2) is 7.53. The molecule has 0 aromatic carbocycles. The lowest BCUT2D eigenvalue weighted by Gasteiger charge is -2.36. The van der Waals surface area contributed by atoms with Gasteiger partial charge in [0.2, 0.25) is 11.8 Å². The van der Waals surface area contributed by atoms with Crippen LogP contribution >= 0.6 is 11.8 Å². The summed E-state index contributed by atoms with van der Waals surface area (Å²) in [5.74, 6) is 0.0586. The number of pyridine rings is 1. The highest BCUT2D eigenvalue weighted by molar-refractivity contribution is 8.00. The van der Waals surface area contributed by atoms with Gasteiger partial charge < -0.3 is 9.80 Å². The number of rotatable bonds is 4. The van der Waals surface area contributed by atoms with Crippen LogP contribution in [0.2, 0.25) is 0 Å². The number of thioether (sulfide) groups is 1. The van der Waals surface area contributed by atoms with E-state index >= 15 is 0 Å². The maximum Gasteiger partial charge on any atom is 0.240 e. The Morgan fingerprint density at radius 1 is 1.33 bits per heavy atom. The van der Waals surface area contributed by atoms with Crippen molar-refractivity contribution >= 4 is 29.3 Å². The number of carbonyl (C=O) groups excluding carboxylic acids is 2. The van der Waals surface area contributed by atoms with E-state index in [9.17, 15) is 9.59 Å². The Bertz CT molecular complexity index is 616. The molecule has 1 atom stereocenters. The van der Waals surface area contributed by atoms with E-state index in [4.69, 9.17) is 0 Å². The molecule has 1 aromatic rings. The first kappa shape index (κ1) is 17.2. The van der Waals surface area contributed by atoms with Gasteiger partial charge in [0.25, 0.3) is 0 Å². The normalized spacial score (nSPS) is 21.8. The summed E-state index contributed by atoms with van der Waals surface area (Å²) in [7, 11) is 1.75. The van der Waals surface area contributed by atoms with Crippen LogP contribution in [0.1, 0.15) is 19.8 Å². The summed E-state index contributed by atoms with van der Waals surface area (Å²) in [5, 5.41) is 0.448. The number of hydrogen-bond acceptors (Lipinski definition) is 5.